The van der Waals surface area contributed by atoms with Crippen LogP contribution in [0, 0.1) is 11.8 Å². The van der Waals surface area contributed by atoms with Crippen molar-refractivity contribution in [1.29, 1.82) is 0 Å². The first-order chi connectivity index (χ1) is 6.56. The molecule has 2 unspecified atom stereocenters. The van der Waals surface area contributed by atoms with Crippen LogP contribution in [-0.4, -0.2) is 11.2 Å². The molecule has 0 aromatic carbocycles. The Labute approximate surface area is 89.2 Å². The molecular weight excluding hydrogens is 172 g/mol. The topological polar surface area (TPSA) is 20.2 Å². The van der Waals surface area contributed by atoms with E-state index in [1.165, 1.54) is 19.3 Å². The highest BCUT2D eigenvalue weighted by molar-refractivity contribution is 4.86. The van der Waals surface area contributed by atoms with Crippen LogP contribution in [0.2, 0.25) is 0 Å². The third-order valence-corrected chi connectivity index (χ3v) is 2.54. The second-order valence-electron chi connectivity index (χ2n) is 4.76. The van der Waals surface area contributed by atoms with Gasteiger partial charge < -0.3 is 5.11 Å². The van der Waals surface area contributed by atoms with E-state index >= 15 is 0 Å². The molecule has 1 heteroatoms. The maximum absolute atomic E-state index is 9.54. The Balaban J connectivity index is 3.49. The van der Waals surface area contributed by atoms with Gasteiger partial charge in [0.05, 0.1) is 6.10 Å². The standard InChI is InChI=1S/C13H26O/c1-5-7-13(14)10-12(4)9-6-8-11(2)3/h5,7,11-14H,6,8-10H2,1-4H3/b7-5+. The monoisotopic (exact) mass is 198 g/mol. The molecule has 0 aromatic heterocycles. The quantitative estimate of drug-likeness (QED) is 0.617. The lowest BCUT2D eigenvalue weighted by Crippen LogP contribution is -2.08. The van der Waals surface area contributed by atoms with Crippen LogP contribution in [0.5, 0.6) is 0 Å². The first-order valence-electron chi connectivity index (χ1n) is 5.87. The summed E-state index contributed by atoms with van der Waals surface area (Å²) in [5.74, 6) is 1.45. The van der Waals surface area contributed by atoms with Crippen LogP contribution in [-0.2, 0) is 0 Å². The van der Waals surface area contributed by atoms with E-state index in [1.807, 2.05) is 19.1 Å². The SMILES string of the molecule is C/C=C/C(O)CC(C)CCCC(C)C. The lowest BCUT2D eigenvalue weighted by Gasteiger charge is -2.14. The van der Waals surface area contributed by atoms with Gasteiger partial charge in [0.15, 0.2) is 0 Å². The molecule has 0 fully saturated rings. The van der Waals surface area contributed by atoms with Gasteiger partial charge in [-0.2, -0.15) is 0 Å². The largest absolute Gasteiger partial charge is 0.389 e. The minimum absolute atomic E-state index is 0.242. The second-order valence-corrected chi connectivity index (χ2v) is 4.76. The molecule has 0 saturated heterocycles. The number of allylic oxidation sites excluding steroid dienone is 1. The first kappa shape index (κ1) is 13.7. The molecule has 0 radical (unpaired) electrons. The number of hydrogen-bond donors (Lipinski definition) is 1. The van der Waals surface area contributed by atoms with Gasteiger partial charge in [0, 0.05) is 0 Å². The molecule has 0 bridgehead atoms. The molecule has 1 N–H and O–H groups in total. The number of aliphatic hydroxyl groups excluding tert-OH is 1. The fraction of sp³-hybridized carbons (Fsp3) is 0.846. The maximum atomic E-state index is 9.54. The third-order valence-electron chi connectivity index (χ3n) is 2.54. The minimum Gasteiger partial charge on any atom is -0.389 e. The summed E-state index contributed by atoms with van der Waals surface area (Å²) >= 11 is 0. The van der Waals surface area contributed by atoms with Gasteiger partial charge in [0.1, 0.15) is 0 Å². The Hall–Kier alpha value is -0.300. The van der Waals surface area contributed by atoms with Crippen LogP contribution < -0.4 is 0 Å². The van der Waals surface area contributed by atoms with Crippen molar-refractivity contribution >= 4 is 0 Å². The zero-order chi connectivity index (χ0) is 11.0. The third kappa shape index (κ3) is 8.31. The molecule has 1 nitrogen and oxygen atoms in total. The second kappa shape index (κ2) is 8.05. The predicted molar refractivity (Wildman–Crippen MR) is 63.3 cm³/mol. The molecule has 0 saturated carbocycles. The molecule has 14 heavy (non-hydrogen) atoms. The average Bonchev–Trinajstić information content (AvgIpc) is 2.03. The van der Waals surface area contributed by atoms with Crippen molar-refractivity contribution in [3.05, 3.63) is 12.2 Å². The fourth-order valence-electron chi connectivity index (χ4n) is 1.71. The van der Waals surface area contributed by atoms with Crippen LogP contribution in [0.4, 0.5) is 0 Å². The van der Waals surface area contributed by atoms with Gasteiger partial charge in [-0.15, -0.1) is 0 Å². The van der Waals surface area contributed by atoms with Gasteiger partial charge in [-0.25, -0.2) is 0 Å². The molecule has 0 rings (SSSR count). The summed E-state index contributed by atoms with van der Waals surface area (Å²) in [7, 11) is 0. The highest BCUT2D eigenvalue weighted by Gasteiger charge is 2.07. The molecule has 0 amide bonds. The normalized spacial score (nSPS) is 16.4. The summed E-state index contributed by atoms with van der Waals surface area (Å²) in [6, 6.07) is 0. The molecule has 0 spiro atoms. The van der Waals surface area contributed by atoms with Crippen LogP contribution in [0.15, 0.2) is 12.2 Å². The molecule has 2 atom stereocenters. The van der Waals surface area contributed by atoms with Crippen molar-refractivity contribution in [1.82, 2.24) is 0 Å². The van der Waals surface area contributed by atoms with Crippen LogP contribution in [0.1, 0.15) is 53.4 Å². The summed E-state index contributed by atoms with van der Waals surface area (Å²) in [5, 5.41) is 9.54. The highest BCUT2D eigenvalue weighted by atomic mass is 16.3. The molecule has 0 aliphatic heterocycles. The smallest absolute Gasteiger partial charge is 0.0723 e. The van der Waals surface area contributed by atoms with Gasteiger partial charge in [0.2, 0.25) is 0 Å². The van der Waals surface area contributed by atoms with Gasteiger partial charge in [0.25, 0.3) is 0 Å². The molecular formula is C13H26O. The average molecular weight is 198 g/mol. The Kier molecular flexibility index (Phi) is 7.87. The van der Waals surface area contributed by atoms with Crippen molar-refractivity contribution in [3.63, 3.8) is 0 Å². The molecule has 0 heterocycles. The van der Waals surface area contributed by atoms with E-state index in [-0.39, 0.29) is 6.10 Å². The van der Waals surface area contributed by atoms with E-state index in [1.54, 1.807) is 0 Å². The van der Waals surface area contributed by atoms with Crippen molar-refractivity contribution in [2.75, 3.05) is 0 Å². The van der Waals surface area contributed by atoms with E-state index in [0.717, 1.165) is 12.3 Å². The lowest BCUT2D eigenvalue weighted by atomic mass is 9.95. The van der Waals surface area contributed by atoms with E-state index in [2.05, 4.69) is 20.8 Å². The summed E-state index contributed by atoms with van der Waals surface area (Å²) in [6.07, 6.45) is 8.31. The van der Waals surface area contributed by atoms with Crippen molar-refractivity contribution < 1.29 is 5.11 Å². The first-order valence-corrected chi connectivity index (χ1v) is 5.87. The molecule has 0 aromatic rings. The molecule has 84 valence electrons. The highest BCUT2D eigenvalue weighted by Crippen LogP contribution is 2.17. The lowest BCUT2D eigenvalue weighted by molar-refractivity contribution is 0.186. The van der Waals surface area contributed by atoms with Gasteiger partial charge >= 0.3 is 0 Å². The number of rotatable bonds is 7. The van der Waals surface area contributed by atoms with Crippen molar-refractivity contribution in [2.24, 2.45) is 11.8 Å². The Morgan fingerprint density at radius 3 is 2.29 bits per heavy atom. The Bertz CT molecular complexity index is 149. The summed E-state index contributed by atoms with van der Waals surface area (Å²) in [5.41, 5.74) is 0. The zero-order valence-corrected chi connectivity index (χ0v) is 10.2. The maximum Gasteiger partial charge on any atom is 0.0723 e. The Morgan fingerprint density at radius 1 is 1.14 bits per heavy atom. The summed E-state index contributed by atoms with van der Waals surface area (Å²) in [6.45, 7) is 8.71. The van der Waals surface area contributed by atoms with Crippen LogP contribution in [0.25, 0.3) is 0 Å². The zero-order valence-electron chi connectivity index (χ0n) is 10.2. The van der Waals surface area contributed by atoms with Gasteiger partial charge in [-0.05, 0) is 25.2 Å². The van der Waals surface area contributed by atoms with E-state index in [9.17, 15) is 5.11 Å². The van der Waals surface area contributed by atoms with E-state index in [0.29, 0.717) is 5.92 Å². The summed E-state index contributed by atoms with van der Waals surface area (Å²) in [4.78, 5) is 0. The van der Waals surface area contributed by atoms with Gasteiger partial charge in [-0.1, -0.05) is 52.2 Å². The number of hydrogen-bond acceptors (Lipinski definition) is 1. The van der Waals surface area contributed by atoms with Crippen LogP contribution >= 0.6 is 0 Å². The minimum atomic E-state index is -0.242. The van der Waals surface area contributed by atoms with Crippen molar-refractivity contribution in [3.8, 4) is 0 Å². The van der Waals surface area contributed by atoms with E-state index in [4.69, 9.17) is 0 Å². The molecule has 0 aliphatic carbocycles. The number of aliphatic hydroxyl groups is 1. The molecule has 0 aliphatic rings. The fourth-order valence-corrected chi connectivity index (χ4v) is 1.71. The Morgan fingerprint density at radius 2 is 1.79 bits per heavy atom. The van der Waals surface area contributed by atoms with Gasteiger partial charge in [-0.3, -0.25) is 0 Å². The van der Waals surface area contributed by atoms with Crippen LogP contribution in [0.3, 0.4) is 0 Å². The predicted octanol–water partition coefficient (Wildman–Crippen LogP) is 3.78. The van der Waals surface area contributed by atoms with E-state index < -0.39 is 0 Å². The van der Waals surface area contributed by atoms with Crippen molar-refractivity contribution in [2.45, 2.75) is 59.5 Å². The summed E-state index contributed by atoms with van der Waals surface area (Å²) < 4.78 is 0.